The molecule has 0 amide bonds. The van der Waals surface area contributed by atoms with Crippen LogP contribution in [0.4, 0.5) is 0 Å². The molecule has 0 aliphatic rings. The molecule has 96 valence electrons. The summed E-state index contributed by atoms with van der Waals surface area (Å²) in [6, 6.07) is 10.6. The number of nitrogens with two attached hydrogens (primary N) is 1. The van der Waals surface area contributed by atoms with E-state index in [1.807, 2.05) is 6.20 Å². The summed E-state index contributed by atoms with van der Waals surface area (Å²) in [5.74, 6) is 0. The van der Waals surface area contributed by atoms with Gasteiger partial charge in [0.2, 0.25) is 0 Å². The normalized spacial score (nSPS) is 12.6. The third kappa shape index (κ3) is 2.62. The molecule has 2 rings (SSSR count). The van der Waals surface area contributed by atoms with E-state index in [0.29, 0.717) is 0 Å². The van der Waals surface area contributed by atoms with Gasteiger partial charge < -0.3 is 5.73 Å². The highest BCUT2D eigenvalue weighted by Gasteiger charge is 2.08. The fourth-order valence-electron chi connectivity index (χ4n) is 2.13. The van der Waals surface area contributed by atoms with Gasteiger partial charge in [-0.25, -0.2) is 0 Å². The number of hydrogen-bond acceptors (Lipinski definition) is 2. The predicted molar refractivity (Wildman–Crippen MR) is 75.2 cm³/mol. The average Bonchev–Trinajstić information content (AvgIpc) is 2.87. The zero-order chi connectivity index (χ0) is 13.0. The van der Waals surface area contributed by atoms with Crippen molar-refractivity contribution in [1.82, 2.24) is 9.78 Å². The molecule has 1 aromatic heterocycles. The van der Waals surface area contributed by atoms with E-state index in [9.17, 15) is 0 Å². The quantitative estimate of drug-likeness (QED) is 0.875. The molecule has 2 aromatic rings. The van der Waals surface area contributed by atoms with Crippen molar-refractivity contribution >= 4 is 0 Å². The molecule has 3 heteroatoms. The van der Waals surface area contributed by atoms with Crippen molar-refractivity contribution in [3.8, 4) is 11.3 Å². The summed E-state index contributed by atoms with van der Waals surface area (Å²) in [6.07, 6.45) is 3.90. The molecule has 1 heterocycles. The number of nitrogens with zero attached hydrogens (tertiary/aromatic N) is 2. The number of aryl methyl sites for hydroxylation is 1. The smallest absolute Gasteiger partial charge is 0.0682 e. The average molecular weight is 243 g/mol. The van der Waals surface area contributed by atoms with Crippen LogP contribution in [-0.4, -0.2) is 9.78 Å². The van der Waals surface area contributed by atoms with Crippen LogP contribution in [0.3, 0.4) is 0 Å². The lowest BCUT2D eigenvalue weighted by Gasteiger charge is -2.12. The first-order valence-electron chi connectivity index (χ1n) is 6.64. The second kappa shape index (κ2) is 5.83. The van der Waals surface area contributed by atoms with Crippen molar-refractivity contribution in [3.05, 3.63) is 42.1 Å². The SMILES string of the molecule is CCCn1nccc1-c1cccc(C(N)CC)c1. The maximum Gasteiger partial charge on any atom is 0.0682 e. The van der Waals surface area contributed by atoms with E-state index in [1.54, 1.807) is 0 Å². The van der Waals surface area contributed by atoms with Gasteiger partial charge in [0.05, 0.1) is 5.69 Å². The molecule has 0 spiro atoms. The maximum atomic E-state index is 6.09. The molecule has 1 atom stereocenters. The summed E-state index contributed by atoms with van der Waals surface area (Å²) in [4.78, 5) is 0. The van der Waals surface area contributed by atoms with Crippen LogP contribution in [0.2, 0.25) is 0 Å². The molecular formula is C15H21N3. The lowest BCUT2D eigenvalue weighted by Crippen LogP contribution is -2.08. The van der Waals surface area contributed by atoms with Gasteiger partial charge in [-0.2, -0.15) is 5.10 Å². The van der Waals surface area contributed by atoms with E-state index < -0.39 is 0 Å². The van der Waals surface area contributed by atoms with Gasteiger partial charge in [0, 0.05) is 24.3 Å². The standard InChI is InChI=1S/C15H21N3/c1-3-10-18-15(8-9-17-18)13-7-5-6-12(11-13)14(16)4-2/h5-9,11,14H,3-4,10,16H2,1-2H3. The van der Waals surface area contributed by atoms with E-state index in [0.717, 1.165) is 19.4 Å². The Labute approximate surface area is 109 Å². The Morgan fingerprint density at radius 1 is 1.28 bits per heavy atom. The first-order valence-corrected chi connectivity index (χ1v) is 6.64. The summed E-state index contributed by atoms with van der Waals surface area (Å²) in [7, 11) is 0. The first-order chi connectivity index (χ1) is 8.76. The van der Waals surface area contributed by atoms with Crippen LogP contribution in [0.5, 0.6) is 0 Å². The molecule has 0 saturated heterocycles. The monoisotopic (exact) mass is 243 g/mol. The number of benzene rings is 1. The van der Waals surface area contributed by atoms with Crippen LogP contribution in [0.1, 0.15) is 38.3 Å². The van der Waals surface area contributed by atoms with Crippen molar-refractivity contribution in [1.29, 1.82) is 0 Å². The zero-order valence-corrected chi connectivity index (χ0v) is 11.1. The van der Waals surface area contributed by atoms with E-state index in [4.69, 9.17) is 5.73 Å². The number of aromatic nitrogens is 2. The van der Waals surface area contributed by atoms with Crippen LogP contribution in [0, 0.1) is 0 Å². The summed E-state index contributed by atoms with van der Waals surface area (Å²) in [5, 5.41) is 4.36. The molecule has 1 aromatic carbocycles. The highest BCUT2D eigenvalue weighted by Crippen LogP contribution is 2.23. The predicted octanol–water partition coefficient (Wildman–Crippen LogP) is 3.37. The molecule has 0 aliphatic carbocycles. The largest absolute Gasteiger partial charge is 0.324 e. The van der Waals surface area contributed by atoms with Gasteiger partial charge >= 0.3 is 0 Å². The highest BCUT2D eigenvalue weighted by atomic mass is 15.3. The number of rotatable bonds is 5. The molecule has 0 bridgehead atoms. The molecular weight excluding hydrogens is 222 g/mol. The van der Waals surface area contributed by atoms with Crippen molar-refractivity contribution in [3.63, 3.8) is 0 Å². The van der Waals surface area contributed by atoms with Gasteiger partial charge in [0.15, 0.2) is 0 Å². The Bertz CT molecular complexity index is 502. The van der Waals surface area contributed by atoms with Crippen molar-refractivity contribution in [2.75, 3.05) is 0 Å². The second-order valence-electron chi connectivity index (χ2n) is 4.58. The molecule has 18 heavy (non-hydrogen) atoms. The lowest BCUT2D eigenvalue weighted by molar-refractivity contribution is 0.609. The van der Waals surface area contributed by atoms with Gasteiger partial charge in [-0.15, -0.1) is 0 Å². The van der Waals surface area contributed by atoms with E-state index >= 15 is 0 Å². The zero-order valence-electron chi connectivity index (χ0n) is 11.1. The Morgan fingerprint density at radius 3 is 2.83 bits per heavy atom. The summed E-state index contributed by atoms with van der Waals surface area (Å²) >= 11 is 0. The lowest BCUT2D eigenvalue weighted by atomic mass is 10.0. The van der Waals surface area contributed by atoms with E-state index in [2.05, 4.69) is 54.0 Å². The van der Waals surface area contributed by atoms with Crippen LogP contribution in [0.15, 0.2) is 36.5 Å². The molecule has 2 N–H and O–H groups in total. The first kappa shape index (κ1) is 12.8. The third-order valence-electron chi connectivity index (χ3n) is 3.20. The van der Waals surface area contributed by atoms with Crippen LogP contribution >= 0.6 is 0 Å². The Balaban J connectivity index is 2.35. The highest BCUT2D eigenvalue weighted by molar-refractivity contribution is 5.60. The van der Waals surface area contributed by atoms with E-state index in [-0.39, 0.29) is 6.04 Å². The number of hydrogen-bond donors (Lipinski definition) is 1. The molecule has 0 radical (unpaired) electrons. The van der Waals surface area contributed by atoms with Crippen LogP contribution in [0.25, 0.3) is 11.3 Å². The molecule has 0 saturated carbocycles. The minimum Gasteiger partial charge on any atom is -0.324 e. The van der Waals surface area contributed by atoms with Crippen molar-refractivity contribution in [2.24, 2.45) is 5.73 Å². The molecule has 3 nitrogen and oxygen atoms in total. The van der Waals surface area contributed by atoms with Gasteiger partial charge in [0.1, 0.15) is 0 Å². The van der Waals surface area contributed by atoms with E-state index in [1.165, 1.54) is 16.8 Å². The minimum absolute atomic E-state index is 0.118. The summed E-state index contributed by atoms with van der Waals surface area (Å²) in [6.45, 7) is 5.22. The Morgan fingerprint density at radius 2 is 2.11 bits per heavy atom. The van der Waals surface area contributed by atoms with Gasteiger partial charge in [-0.05, 0) is 30.5 Å². The van der Waals surface area contributed by atoms with Crippen molar-refractivity contribution < 1.29 is 0 Å². The van der Waals surface area contributed by atoms with Crippen LogP contribution < -0.4 is 5.73 Å². The fourth-order valence-corrected chi connectivity index (χ4v) is 2.13. The van der Waals surface area contributed by atoms with Gasteiger partial charge in [0.25, 0.3) is 0 Å². The van der Waals surface area contributed by atoms with Gasteiger partial charge in [-0.3, -0.25) is 4.68 Å². The van der Waals surface area contributed by atoms with Crippen LogP contribution in [-0.2, 0) is 6.54 Å². The third-order valence-corrected chi connectivity index (χ3v) is 3.20. The van der Waals surface area contributed by atoms with Crippen molar-refractivity contribution in [2.45, 2.75) is 39.3 Å². The topological polar surface area (TPSA) is 43.8 Å². The minimum atomic E-state index is 0.118. The summed E-state index contributed by atoms with van der Waals surface area (Å²) in [5.41, 5.74) is 9.65. The Hall–Kier alpha value is -1.61. The maximum absolute atomic E-state index is 6.09. The Kier molecular flexibility index (Phi) is 4.15. The second-order valence-corrected chi connectivity index (χ2v) is 4.58. The molecule has 1 unspecified atom stereocenters. The fraction of sp³-hybridized carbons (Fsp3) is 0.400. The molecule has 0 fully saturated rings. The van der Waals surface area contributed by atoms with Gasteiger partial charge in [-0.1, -0.05) is 32.0 Å². The molecule has 0 aliphatic heterocycles. The summed E-state index contributed by atoms with van der Waals surface area (Å²) < 4.78 is 2.05.